The zero-order valence-corrected chi connectivity index (χ0v) is 12.4. The molecule has 106 valence electrons. The summed E-state index contributed by atoms with van der Waals surface area (Å²) in [5, 5.41) is 0.427. The first kappa shape index (κ1) is 13.4. The number of hydrogen-bond donors (Lipinski definition) is 0. The van der Waals surface area contributed by atoms with Gasteiger partial charge in [-0.3, -0.25) is 4.79 Å². The van der Waals surface area contributed by atoms with Gasteiger partial charge in [-0.05, 0) is 18.9 Å². The Kier molecular flexibility index (Phi) is 2.97. The Hall–Kier alpha value is -1.62. The molecule has 20 heavy (non-hydrogen) atoms. The third-order valence-corrected chi connectivity index (χ3v) is 5.85. The van der Waals surface area contributed by atoms with Crippen molar-refractivity contribution >= 4 is 26.7 Å². The van der Waals surface area contributed by atoms with Crippen molar-refractivity contribution in [1.82, 2.24) is 3.97 Å². The Balaban J connectivity index is 2.27. The van der Waals surface area contributed by atoms with E-state index < -0.39 is 10.0 Å². The van der Waals surface area contributed by atoms with Crippen LogP contribution < -0.4 is 0 Å². The van der Waals surface area contributed by atoms with Crippen molar-refractivity contribution in [2.24, 2.45) is 5.92 Å². The van der Waals surface area contributed by atoms with E-state index in [1.54, 1.807) is 12.1 Å². The molecule has 1 aromatic carbocycles. The zero-order chi connectivity index (χ0) is 14.5. The molecule has 0 N–H and O–H groups in total. The third kappa shape index (κ3) is 1.97. The highest BCUT2D eigenvalue weighted by molar-refractivity contribution is 7.91. The van der Waals surface area contributed by atoms with Gasteiger partial charge >= 0.3 is 0 Å². The van der Waals surface area contributed by atoms with Crippen molar-refractivity contribution in [2.45, 2.75) is 31.9 Å². The summed E-state index contributed by atoms with van der Waals surface area (Å²) in [6, 6.07) is 7.19. The van der Waals surface area contributed by atoms with Crippen LogP contribution in [0.4, 0.5) is 0 Å². The van der Waals surface area contributed by atoms with Gasteiger partial charge in [0.2, 0.25) is 10.0 Å². The maximum atomic E-state index is 12.5. The summed E-state index contributed by atoms with van der Waals surface area (Å²) in [5.41, 5.74) is 1.10. The average Bonchev–Trinajstić information content (AvgIpc) is 3.19. The zero-order valence-electron chi connectivity index (χ0n) is 11.5. The second-order valence-corrected chi connectivity index (χ2v) is 7.71. The smallest absolute Gasteiger partial charge is 0.241 e. The van der Waals surface area contributed by atoms with Gasteiger partial charge in [-0.2, -0.15) is 0 Å². The number of para-hydroxylation sites is 1. The van der Waals surface area contributed by atoms with Crippen molar-refractivity contribution in [1.29, 1.82) is 0 Å². The van der Waals surface area contributed by atoms with Crippen molar-refractivity contribution in [2.75, 3.05) is 0 Å². The van der Waals surface area contributed by atoms with Crippen LogP contribution in [0.2, 0.25) is 0 Å². The minimum Gasteiger partial charge on any atom is -0.294 e. The normalized spacial score (nSPS) is 15.9. The molecule has 1 heterocycles. The number of hydrogen-bond acceptors (Lipinski definition) is 3. The summed E-state index contributed by atoms with van der Waals surface area (Å²) < 4.78 is 26.2. The number of ketones is 1. The van der Waals surface area contributed by atoms with Gasteiger partial charge in [-0.15, -0.1) is 0 Å². The van der Waals surface area contributed by atoms with Crippen LogP contribution in [-0.2, 0) is 10.0 Å². The molecule has 0 amide bonds. The van der Waals surface area contributed by atoms with Gasteiger partial charge in [0.1, 0.15) is 0 Å². The van der Waals surface area contributed by atoms with Gasteiger partial charge in [-0.25, -0.2) is 12.4 Å². The highest BCUT2D eigenvalue weighted by Crippen LogP contribution is 2.33. The fourth-order valence-corrected chi connectivity index (χ4v) is 4.13. The van der Waals surface area contributed by atoms with Crippen molar-refractivity contribution in [3.63, 3.8) is 0 Å². The molecule has 2 aromatic rings. The first-order valence-electron chi connectivity index (χ1n) is 6.81. The van der Waals surface area contributed by atoms with E-state index in [1.165, 1.54) is 10.2 Å². The predicted octanol–water partition coefficient (Wildman–Crippen LogP) is 2.82. The molecule has 1 aliphatic rings. The maximum absolute atomic E-state index is 12.5. The van der Waals surface area contributed by atoms with Crippen molar-refractivity contribution in [3.05, 3.63) is 36.0 Å². The van der Waals surface area contributed by atoms with Crippen molar-refractivity contribution in [3.8, 4) is 0 Å². The van der Waals surface area contributed by atoms with E-state index in [-0.39, 0.29) is 17.0 Å². The largest absolute Gasteiger partial charge is 0.294 e. The van der Waals surface area contributed by atoms with Crippen LogP contribution in [0, 0.1) is 5.92 Å². The summed E-state index contributed by atoms with van der Waals surface area (Å²) in [6.45, 7) is 3.65. The van der Waals surface area contributed by atoms with E-state index in [1.807, 2.05) is 26.0 Å². The quantitative estimate of drug-likeness (QED) is 0.814. The Morgan fingerprint density at radius 1 is 1.25 bits per heavy atom. The first-order chi connectivity index (χ1) is 9.43. The molecule has 3 rings (SSSR count). The molecule has 1 fully saturated rings. The van der Waals surface area contributed by atoms with Crippen LogP contribution in [0.25, 0.3) is 10.9 Å². The lowest BCUT2D eigenvalue weighted by Gasteiger charge is -2.05. The van der Waals surface area contributed by atoms with E-state index in [0.29, 0.717) is 23.9 Å². The number of Topliss-reactive ketones (excluding diaryl/α,β-unsaturated/α-hetero) is 1. The molecule has 0 saturated heterocycles. The fraction of sp³-hybridized carbons (Fsp3) is 0.400. The molecule has 1 saturated carbocycles. The molecule has 0 atom stereocenters. The number of carbonyl (C=O) groups is 1. The average molecular weight is 291 g/mol. The summed E-state index contributed by atoms with van der Waals surface area (Å²) in [7, 11) is -3.37. The maximum Gasteiger partial charge on any atom is 0.241 e. The summed E-state index contributed by atoms with van der Waals surface area (Å²) in [4.78, 5) is 12.3. The van der Waals surface area contributed by atoms with E-state index >= 15 is 0 Å². The molecule has 1 aliphatic carbocycles. The number of benzene rings is 1. The van der Waals surface area contributed by atoms with E-state index in [0.717, 1.165) is 5.39 Å². The summed E-state index contributed by atoms with van der Waals surface area (Å²) >= 11 is 0. The molecule has 0 aliphatic heterocycles. The molecule has 0 unspecified atom stereocenters. The number of aromatic nitrogens is 1. The molecular formula is C15H17NO3S. The Morgan fingerprint density at radius 2 is 1.90 bits per heavy atom. The number of carbonyl (C=O) groups excluding carboxylic acids is 1. The Labute approximate surface area is 118 Å². The Morgan fingerprint density at radius 3 is 2.50 bits per heavy atom. The number of nitrogens with zero attached hydrogens (tertiary/aromatic N) is 1. The van der Waals surface area contributed by atoms with Crippen LogP contribution in [0.15, 0.2) is 30.5 Å². The van der Waals surface area contributed by atoms with Crippen LogP contribution in [-0.4, -0.2) is 23.4 Å². The van der Waals surface area contributed by atoms with E-state index in [9.17, 15) is 13.2 Å². The topological polar surface area (TPSA) is 56.1 Å². The number of rotatable bonds is 4. The molecule has 4 nitrogen and oxygen atoms in total. The van der Waals surface area contributed by atoms with Crippen LogP contribution >= 0.6 is 0 Å². The molecule has 0 bridgehead atoms. The molecule has 0 spiro atoms. The minimum absolute atomic E-state index is 0.0223. The number of fused-ring (bicyclic) bond motifs is 1. The standard InChI is InChI=1S/C15H17NO3S/c1-10(2)15(17)13-9-16(20(18,19)11-7-8-11)14-6-4-3-5-12(13)14/h3-6,9-11H,7-8H2,1-2H3. The van der Waals surface area contributed by atoms with Gasteiger partial charge in [0.05, 0.1) is 10.8 Å². The molecule has 1 aromatic heterocycles. The highest BCUT2D eigenvalue weighted by atomic mass is 32.2. The lowest BCUT2D eigenvalue weighted by Crippen LogP contribution is -2.16. The second-order valence-electron chi connectivity index (χ2n) is 5.62. The Bertz CT molecular complexity index is 783. The lowest BCUT2D eigenvalue weighted by molar-refractivity contribution is 0.0941. The molecule has 5 heteroatoms. The van der Waals surface area contributed by atoms with Gasteiger partial charge in [0.15, 0.2) is 5.78 Å². The second kappa shape index (κ2) is 4.45. The van der Waals surface area contributed by atoms with Crippen LogP contribution in [0.3, 0.4) is 0 Å². The van der Waals surface area contributed by atoms with E-state index in [4.69, 9.17) is 0 Å². The fourth-order valence-electron chi connectivity index (χ4n) is 2.39. The molecular weight excluding hydrogens is 274 g/mol. The predicted molar refractivity (Wildman–Crippen MR) is 78.4 cm³/mol. The van der Waals surface area contributed by atoms with Gasteiger partial charge in [0, 0.05) is 23.1 Å². The summed E-state index contributed by atoms with van der Waals surface area (Å²) in [6.07, 6.45) is 2.92. The summed E-state index contributed by atoms with van der Waals surface area (Å²) in [5.74, 6) is -0.177. The van der Waals surface area contributed by atoms with Crippen LogP contribution in [0.5, 0.6) is 0 Å². The van der Waals surface area contributed by atoms with E-state index in [2.05, 4.69) is 0 Å². The van der Waals surface area contributed by atoms with Crippen LogP contribution in [0.1, 0.15) is 37.0 Å². The van der Waals surface area contributed by atoms with Crippen molar-refractivity contribution < 1.29 is 13.2 Å². The first-order valence-corrected chi connectivity index (χ1v) is 8.32. The third-order valence-electron chi connectivity index (χ3n) is 3.69. The highest BCUT2D eigenvalue weighted by Gasteiger charge is 2.38. The minimum atomic E-state index is -3.37. The van der Waals surface area contributed by atoms with Gasteiger partial charge in [0.25, 0.3) is 0 Å². The lowest BCUT2D eigenvalue weighted by atomic mass is 10.0. The molecule has 0 radical (unpaired) electrons. The SMILES string of the molecule is CC(C)C(=O)c1cn(S(=O)(=O)C2CC2)c2ccccc12. The monoisotopic (exact) mass is 291 g/mol. The van der Waals surface area contributed by atoms with Gasteiger partial charge in [-0.1, -0.05) is 32.0 Å². The van der Waals surface area contributed by atoms with Gasteiger partial charge < -0.3 is 0 Å².